The predicted octanol–water partition coefficient (Wildman–Crippen LogP) is 3.14. The number of rotatable bonds is 6. The molecule has 0 aliphatic heterocycles. The van der Waals surface area contributed by atoms with Crippen molar-refractivity contribution in [3.8, 4) is 11.5 Å². The minimum Gasteiger partial charge on any atom is -0.508 e. The average Bonchev–Trinajstić information content (AvgIpc) is 2.59. The molecule has 132 valence electrons. The highest BCUT2D eigenvalue weighted by Gasteiger charge is 2.23. The molecule has 2 rings (SSSR count). The molecule has 0 heterocycles. The van der Waals surface area contributed by atoms with Crippen LogP contribution in [0.25, 0.3) is 0 Å². The van der Waals surface area contributed by atoms with Gasteiger partial charge in [0.2, 0.25) is 0 Å². The Labute approximate surface area is 145 Å². The van der Waals surface area contributed by atoms with Crippen molar-refractivity contribution in [1.29, 1.82) is 0 Å². The minimum atomic E-state index is -0.570. The van der Waals surface area contributed by atoms with Crippen molar-refractivity contribution in [3.05, 3.63) is 59.7 Å². The van der Waals surface area contributed by atoms with Crippen molar-refractivity contribution in [2.75, 3.05) is 13.2 Å². The second-order valence-electron chi connectivity index (χ2n) is 6.41. The molecule has 0 spiro atoms. The van der Waals surface area contributed by atoms with E-state index in [0.717, 1.165) is 0 Å². The Bertz CT molecular complexity index is 668. The first-order valence-corrected chi connectivity index (χ1v) is 7.69. The van der Waals surface area contributed by atoms with E-state index in [2.05, 4.69) is 0 Å². The van der Waals surface area contributed by atoms with Crippen LogP contribution in [0.3, 0.4) is 0 Å². The number of benzene rings is 2. The summed E-state index contributed by atoms with van der Waals surface area (Å²) in [5, 5.41) is 18.4. The molecule has 0 fully saturated rings. The molecule has 0 saturated carbocycles. The predicted molar refractivity (Wildman–Crippen MR) is 90.6 cm³/mol. The van der Waals surface area contributed by atoms with E-state index in [-0.39, 0.29) is 24.7 Å². The quantitative estimate of drug-likeness (QED) is 0.782. The zero-order valence-electron chi connectivity index (χ0n) is 14.1. The van der Waals surface area contributed by atoms with E-state index in [1.165, 1.54) is 48.5 Å². The highest BCUT2D eigenvalue weighted by atomic mass is 16.5. The van der Waals surface area contributed by atoms with Crippen molar-refractivity contribution in [2.45, 2.75) is 13.8 Å². The van der Waals surface area contributed by atoms with E-state index in [4.69, 9.17) is 9.47 Å². The van der Waals surface area contributed by atoms with Crippen LogP contribution in [0.15, 0.2) is 48.5 Å². The van der Waals surface area contributed by atoms with Crippen LogP contribution in [0.1, 0.15) is 34.6 Å². The molecule has 0 aliphatic rings. The van der Waals surface area contributed by atoms with Crippen molar-refractivity contribution in [2.24, 2.45) is 5.41 Å². The van der Waals surface area contributed by atoms with E-state index >= 15 is 0 Å². The molecule has 0 saturated heterocycles. The summed E-state index contributed by atoms with van der Waals surface area (Å²) in [5.41, 5.74) is 0.0866. The first-order chi connectivity index (χ1) is 11.8. The summed E-state index contributed by atoms with van der Waals surface area (Å²) in [4.78, 5) is 23.9. The molecule has 6 heteroatoms. The van der Waals surface area contributed by atoms with Crippen LogP contribution in [-0.2, 0) is 9.47 Å². The van der Waals surface area contributed by atoms with Crippen LogP contribution in [0.2, 0.25) is 0 Å². The molecular formula is C19H20O6. The topological polar surface area (TPSA) is 93.1 Å². The van der Waals surface area contributed by atoms with E-state index in [0.29, 0.717) is 11.1 Å². The van der Waals surface area contributed by atoms with E-state index in [1.54, 1.807) is 13.8 Å². The molecule has 2 aromatic carbocycles. The van der Waals surface area contributed by atoms with Gasteiger partial charge < -0.3 is 19.7 Å². The maximum Gasteiger partial charge on any atom is 0.338 e. The van der Waals surface area contributed by atoms with Gasteiger partial charge in [0.05, 0.1) is 24.3 Å². The van der Waals surface area contributed by atoms with Gasteiger partial charge in [-0.25, -0.2) is 9.59 Å². The van der Waals surface area contributed by atoms with Crippen molar-refractivity contribution < 1.29 is 29.3 Å². The van der Waals surface area contributed by atoms with Crippen molar-refractivity contribution in [3.63, 3.8) is 0 Å². The van der Waals surface area contributed by atoms with Gasteiger partial charge in [0, 0.05) is 5.41 Å². The third kappa shape index (κ3) is 5.53. The Morgan fingerprint density at radius 2 is 1.08 bits per heavy atom. The van der Waals surface area contributed by atoms with Gasteiger partial charge in [-0.3, -0.25) is 0 Å². The number of hydrogen-bond donors (Lipinski definition) is 2. The normalized spacial score (nSPS) is 11.0. The summed E-state index contributed by atoms with van der Waals surface area (Å²) < 4.78 is 10.5. The van der Waals surface area contributed by atoms with Gasteiger partial charge in [-0.2, -0.15) is 0 Å². The first kappa shape index (κ1) is 18.3. The van der Waals surface area contributed by atoms with E-state index in [1.807, 2.05) is 0 Å². The van der Waals surface area contributed by atoms with Crippen LogP contribution >= 0.6 is 0 Å². The van der Waals surface area contributed by atoms with Crippen LogP contribution in [0, 0.1) is 5.41 Å². The van der Waals surface area contributed by atoms with Crippen molar-refractivity contribution >= 4 is 11.9 Å². The molecule has 25 heavy (non-hydrogen) atoms. The Balaban J connectivity index is 1.84. The van der Waals surface area contributed by atoms with Crippen LogP contribution in [-0.4, -0.2) is 35.4 Å². The minimum absolute atomic E-state index is 0.0650. The molecule has 0 bridgehead atoms. The Hall–Kier alpha value is -3.02. The second-order valence-corrected chi connectivity index (χ2v) is 6.41. The molecule has 2 aromatic rings. The van der Waals surface area contributed by atoms with Gasteiger partial charge in [0.1, 0.15) is 11.5 Å². The van der Waals surface area contributed by atoms with Gasteiger partial charge in [-0.1, -0.05) is 13.8 Å². The summed E-state index contributed by atoms with van der Waals surface area (Å²) in [6.45, 7) is 3.74. The third-order valence-electron chi connectivity index (χ3n) is 3.39. The van der Waals surface area contributed by atoms with Gasteiger partial charge in [-0.15, -0.1) is 0 Å². The third-order valence-corrected chi connectivity index (χ3v) is 3.39. The van der Waals surface area contributed by atoms with Crippen LogP contribution < -0.4 is 0 Å². The van der Waals surface area contributed by atoms with Gasteiger partial charge >= 0.3 is 11.9 Å². The maximum absolute atomic E-state index is 12.0. The lowest BCUT2D eigenvalue weighted by Crippen LogP contribution is -2.28. The standard InChI is InChI=1S/C19H20O6/c1-19(2,11-24-17(22)13-3-7-15(20)8-4-13)12-25-18(23)14-5-9-16(21)10-6-14/h3-10,20-21H,11-12H2,1-2H3. The molecule has 6 nitrogen and oxygen atoms in total. The average molecular weight is 344 g/mol. The lowest BCUT2D eigenvalue weighted by atomic mass is 9.96. The highest BCUT2D eigenvalue weighted by molar-refractivity contribution is 5.90. The fourth-order valence-corrected chi connectivity index (χ4v) is 1.93. The zero-order chi connectivity index (χ0) is 18.4. The Morgan fingerprint density at radius 1 is 0.760 bits per heavy atom. The molecule has 0 aromatic heterocycles. The first-order valence-electron chi connectivity index (χ1n) is 7.69. The lowest BCUT2D eigenvalue weighted by molar-refractivity contribution is 0.00617. The van der Waals surface area contributed by atoms with Crippen molar-refractivity contribution in [1.82, 2.24) is 0 Å². The zero-order valence-corrected chi connectivity index (χ0v) is 14.1. The summed E-state index contributed by atoms with van der Waals surface area (Å²) in [6.07, 6.45) is 0. The monoisotopic (exact) mass is 344 g/mol. The largest absolute Gasteiger partial charge is 0.508 e. The number of phenolic OH excluding ortho intramolecular Hbond substituents is 2. The van der Waals surface area contributed by atoms with E-state index in [9.17, 15) is 19.8 Å². The number of phenols is 2. The Kier molecular flexibility index (Phi) is 5.64. The molecule has 0 aliphatic carbocycles. The van der Waals surface area contributed by atoms with Gasteiger partial charge in [-0.05, 0) is 48.5 Å². The molecule has 0 atom stereocenters. The highest BCUT2D eigenvalue weighted by Crippen LogP contribution is 2.19. The molecule has 0 radical (unpaired) electrons. The van der Waals surface area contributed by atoms with Gasteiger partial charge in [0.15, 0.2) is 0 Å². The van der Waals surface area contributed by atoms with Crippen LogP contribution in [0.4, 0.5) is 0 Å². The molecule has 0 amide bonds. The lowest BCUT2D eigenvalue weighted by Gasteiger charge is -2.23. The molecular weight excluding hydrogens is 324 g/mol. The number of ether oxygens (including phenoxy) is 2. The second kappa shape index (κ2) is 7.70. The number of aromatic hydroxyl groups is 2. The fourth-order valence-electron chi connectivity index (χ4n) is 1.93. The number of carbonyl (C=O) groups is 2. The van der Waals surface area contributed by atoms with Gasteiger partial charge in [0.25, 0.3) is 0 Å². The SMILES string of the molecule is CC(C)(COC(=O)c1ccc(O)cc1)COC(=O)c1ccc(O)cc1. The van der Waals surface area contributed by atoms with E-state index < -0.39 is 17.4 Å². The molecule has 2 N–H and O–H groups in total. The fraction of sp³-hybridized carbons (Fsp3) is 0.263. The Morgan fingerprint density at radius 3 is 1.40 bits per heavy atom. The summed E-state index contributed by atoms with van der Waals surface area (Å²) in [7, 11) is 0. The number of hydrogen-bond acceptors (Lipinski definition) is 6. The summed E-state index contributed by atoms with van der Waals surface area (Å²) in [6, 6.07) is 11.5. The number of carbonyl (C=O) groups excluding carboxylic acids is 2. The smallest absolute Gasteiger partial charge is 0.338 e. The molecule has 0 unspecified atom stereocenters. The van der Waals surface area contributed by atoms with Crippen LogP contribution in [0.5, 0.6) is 11.5 Å². The number of esters is 2. The summed E-state index contributed by atoms with van der Waals surface area (Å²) >= 11 is 0. The summed E-state index contributed by atoms with van der Waals surface area (Å²) in [5.74, 6) is -0.896. The maximum atomic E-state index is 12.0.